The van der Waals surface area contributed by atoms with Gasteiger partial charge in [-0.25, -0.2) is 5.43 Å². The molecule has 6 heteroatoms. The molecule has 138 valence electrons. The highest BCUT2D eigenvalue weighted by molar-refractivity contribution is 5.95. The molecule has 0 fully saturated rings. The van der Waals surface area contributed by atoms with Gasteiger partial charge in [0.15, 0.2) is 11.5 Å². The molecule has 0 atom stereocenters. The maximum Gasteiger partial charge on any atom is 0.271 e. The fraction of sp³-hybridized carbons (Fsp3) is 0.300. The summed E-state index contributed by atoms with van der Waals surface area (Å²) in [5.74, 6) is 0.868. The maximum atomic E-state index is 12.1. The van der Waals surface area contributed by atoms with Crippen LogP contribution in [-0.4, -0.2) is 30.4 Å². The SMILES string of the molecule is CCCCOc1ccc(C(=O)N/N=C\c2ccc(O)c(OCC)c2)cc1. The van der Waals surface area contributed by atoms with E-state index in [4.69, 9.17) is 9.47 Å². The Labute approximate surface area is 153 Å². The molecule has 0 heterocycles. The molecule has 2 aromatic rings. The number of rotatable bonds is 9. The smallest absolute Gasteiger partial charge is 0.271 e. The van der Waals surface area contributed by atoms with E-state index in [2.05, 4.69) is 17.5 Å². The van der Waals surface area contributed by atoms with Crippen molar-refractivity contribution >= 4 is 12.1 Å². The molecule has 26 heavy (non-hydrogen) atoms. The van der Waals surface area contributed by atoms with Gasteiger partial charge in [0, 0.05) is 5.56 Å². The number of unbranched alkanes of at least 4 members (excludes halogenated alkanes) is 1. The number of hydrogen-bond acceptors (Lipinski definition) is 5. The summed E-state index contributed by atoms with van der Waals surface area (Å²) in [6, 6.07) is 11.8. The number of phenols is 1. The van der Waals surface area contributed by atoms with Gasteiger partial charge in [-0.2, -0.15) is 5.10 Å². The van der Waals surface area contributed by atoms with E-state index in [1.807, 2.05) is 6.92 Å². The Morgan fingerprint density at radius 3 is 2.62 bits per heavy atom. The van der Waals surface area contributed by atoms with E-state index in [9.17, 15) is 9.90 Å². The number of carbonyl (C=O) groups is 1. The van der Waals surface area contributed by atoms with Crippen molar-refractivity contribution in [2.45, 2.75) is 26.7 Å². The van der Waals surface area contributed by atoms with Crippen molar-refractivity contribution in [3.05, 3.63) is 53.6 Å². The first kappa shape index (κ1) is 19.3. The van der Waals surface area contributed by atoms with E-state index >= 15 is 0 Å². The molecule has 0 aliphatic heterocycles. The second kappa shape index (κ2) is 10.1. The fourth-order valence-electron chi connectivity index (χ4n) is 2.15. The average Bonchev–Trinajstić information content (AvgIpc) is 2.65. The Hall–Kier alpha value is -3.02. The molecule has 0 aliphatic carbocycles. The summed E-state index contributed by atoms with van der Waals surface area (Å²) >= 11 is 0. The summed E-state index contributed by atoms with van der Waals surface area (Å²) in [6.07, 6.45) is 3.56. The molecule has 2 rings (SSSR count). The molecule has 0 aliphatic rings. The fourth-order valence-corrected chi connectivity index (χ4v) is 2.15. The van der Waals surface area contributed by atoms with Crippen LogP contribution in [0.4, 0.5) is 0 Å². The first-order chi connectivity index (χ1) is 12.6. The van der Waals surface area contributed by atoms with Gasteiger partial charge in [0.1, 0.15) is 5.75 Å². The summed E-state index contributed by atoms with van der Waals surface area (Å²) in [5, 5.41) is 13.6. The molecular weight excluding hydrogens is 332 g/mol. The minimum atomic E-state index is -0.315. The largest absolute Gasteiger partial charge is 0.504 e. The van der Waals surface area contributed by atoms with Gasteiger partial charge in [-0.3, -0.25) is 4.79 Å². The summed E-state index contributed by atoms with van der Waals surface area (Å²) < 4.78 is 10.9. The highest BCUT2D eigenvalue weighted by atomic mass is 16.5. The zero-order valence-corrected chi connectivity index (χ0v) is 15.1. The number of hydrogen-bond donors (Lipinski definition) is 2. The van der Waals surface area contributed by atoms with E-state index in [0.717, 1.165) is 18.6 Å². The van der Waals surface area contributed by atoms with Gasteiger partial charge in [-0.05, 0) is 61.4 Å². The van der Waals surface area contributed by atoms with Gasteiger partial charge in [0.05, 0.1) is 19.4 Å². The zero-order chi connectivity index (χ0) is 18.8. The van der Waals surface area contributed by atoms with Gasteiger partial charge in [0.25, 0.3) is 5.91 Å². The van der Waals surface area contributed by atoms with Crippen LogP contribution in [0.1, 0.15) is 42.6 Å². The van der Waals surface area contributed by atoms with Crippen molar-refractivity contribution in [1.82, 2.24) is 5.43 Å². The zero-order valence-electron chi connectivity index (χ0n) is 15.1. The third-order valence-electron chi connectivity index (χ3n) is 3.55. The Kier molecular flexibility index (Phi) is 7.49. The van der Waals surface area contributed by atoms with E-state index in [0.29, 0.717) is 30.1 Å². The van der Waals surface area contributed by atoms with Crippen molar-refractivity contribution in [3.63, 3.8) is 0 Å². The van der Waals surface area contributed by atoms with Gasteiger partial charge < -0.3 is 14.6 Å². The maximum absolute atomic E-state index is 12.1. The van der Waals surface area contributed by atoms with E-state index in [-0.39, 0.29) is 11.7 Å². The molecule has 2 aromatic carbocycles. The second-order valence-electron chi connectivity index (χ2n) is 5.59. The normalized spacial score (nSPS) is 10.7. The van der Waals surface area contributed by atoms with Gasteiger partial charge >= 0.3 is 0 Å². The molecule has 0 saturated carbocycles. The van der Waals surface area contributed by atoms with Gasteiger partial charge in [0.2, 0.25) is 0 Å². The Morgan fingerprint density at radius 1 is 1.15 bits per heavy atom. The van der Waals surface area contributed by atoms with Crippen LogP contribution in [0.2, 0.25) is 0 Å². The van der Waals surface area contributed by atoms with Crippen LogP contribution in [-0.2, 0) is 0 Å². The van der Waals surface area contributed by atoms with Gasteiger partial charge in [-0.15, -0.1) is 0 Å². The Bertz CT molecular complexity index is 742. The van der Waals surface area contributed by atoms with Crippen molar-refractivity contribution in [2.75, 3.05) is 13.2 Å². The van der Waals surface area contributed by atoms with Crippen molar-refractivity contribution in [1.29, 1.82) is 0 Å². The first-order valence-corrected chi connectivity index (χ1v) is 8.66. The summed E-state index contributed by atoms with van der Waals surface area (Å²) in [5.41, 5.74) is 3.66. The van der Waals surface area contributed by atoms with Crippen LogP contribution in [0, 0.1) is 0 Å². The number of carbonyl (C=O) groups excluding carboxylic acids is 1. The lowest BCUT2D eigenvalue weighted by atomic mass is 10.2. The molecular formula is C20H24N2O4. The van der Waals surface area contributed by atoms with Crippen LogP contribution in [0.25, 0.3) is 0 Å². The number of phenolic OH excluding ortho intramolecular Hbond substituents is 1. The first-order valence-electron chi connectivity index (χ1n) is 8.66. The molecule has 0 unspecified atom stereocenters. The third-order valence-corrected chi connectivity index (χ3v) is 3.55. The molecule has 6 nitrogen and oxygen atoms in total. The minimum Gasteiger partial charge on any atom is -0.504 e. The summed E-state index contributed by atoms with van der Waals surface area (Å²) in [4.78, 5) is 12.1. The minimum absolute atomic E-state index is 0.0641. The molecule has 0 saturated heterocycles. The number of nitrogens with zero attached hydrogens (tertiary/aromatic N) is 1. The Morgan fingerprint density at radius 2 is 1.92 bits per heavy atom. The quantitative estimate of drug-likeness (QED) is 0.407. The van der Waals surface area contributed by atoms with Crippen LogP contribution in [0.5, 0.6) is 17.2 Å². The predicted molar refractivity (Wildman–Crippen MR) is 101 cm³/mol. The number of amides is 1. The molecule has 0 aromatic heterocycles. The van der Waals surface area contributed by atoms with Crippen LogP contribution in [0.3, 0.4) is 0 Å². The van der Waals surface area contributed by atoms with E-state index < -0.39 is 0 Å². The number of aromatic hydroxyl groups is 1. The van der Waals surface area contributed by atoms with Crippen molar-refractivity contribution in [2.24, 2.45) is 5.10 Å². The monoisotopic (exact) mass is 356 g/mol. The van der Waals surface area contributed by atoms with Crippen molar-refractivity contribution in [3.8, 4) is 17.2 Å². The lowest BCUT2D eigenvalue weighted by Gasteiger charge is -2.06. The lowest BCUT2D eigenvalue weighted by Crippen LogP contribution is -2.17. The van der Waals surface area contributed by atoms with Crippen LogP contribution < -0.4 is 14.9 Å². The average molecular weight is 356 g/mol. The van der Waals surface area contributed by atoms with Crippen LogP contribution in [0.15, 0.2) is 47.6 Å². The number of benzene rings is 2. The van der Waals surface area contributed by atoms with E-state index in [1.165, 1.54) is 12.3 Å². The Balaban J connectivity index is 1.91. The van der Waals surface area contributed by atoms with Gasteiger partial charge in [-0.1, -0.05) is 13.3 Å². The standard InChI is InChI=1S/C20H24N2O4/c1-3-5-12-26-17-9-7-16(8-10-17)20(24)22-21-14-15-6-11-18(23)19(13-15)25-4-2/h6-11,13-14,23H,3-5,12H2,1-2H3,(H,22,24)/b21-14-. The third kappa shape index (κ3) is 5.81. The van der Waals surface area contributed by atoms with Crippen LogP contribution >= 0.6 is 0 Å². The highest BCUT2D eigenvalue weighted by Gasteiger charge is 2.05. The summed E-state index contributed by atoms with van der Waals surface area (Å²) in [6.45, 7) is 5.05. The molecule has 2 N–H and O–H groups in total. The topological polar surface area (TPSA) is 80.2 Å². The number of nitrogens with one attached hydrogen (secondary N) is 1. The summed E-state index contributed by atoms with van der Waals surface area (Å²) in [7, 11) is 0. The lowest BCUT2D eigenvalue weighted by molar-refractivity contribution is 0.0955. The van der Waals surface area contributed by atoms with Crippen molar-refractivity contribution < 1.29 is 19.4 Å². The highest BCUT2D eigenvalue weighted by Crippen LogP contribution is 2.26. The predicted octanol–water partition coefficient (Wildman–Crippen LogP) is 3.73. The number of hydrazone groups is 1. The molecule has 0 bridgehead atoms. The molecule has 0 radical (unpaired) electrons. The molecule has 1 amide bonds. The number of ether oxygens (including phenoxy) is 2. The molecule has 0 spiro atoms. The second-order valence-corrected chi connectivity index (χ2v) is 5.59. The van der Waals surface area contributed by atoms with E-state index in [1.54, 1.807) is 36.4 Å².